The molecule has 0 unspecified atom stereocenters. The minimum atomic E-state index is 0.101. The zero-order valence-electron chi connectivity index (χ0n) is 30.7. The van der Waals surface area contributed by atoms with E-state index in [2.05, 4.69) is 167 Å². The highest BCUT2D eigenvalue weighted by Gasteiger charge is 2.61. The van der Waals surface area contributed by atoms with Gasteiger partial charge in [-0.2, -0.15) is 0 Å². The number of fused-ring (bicyclic) bond motifs is 9. The van der Waals surface area contributed by atoms with Crippen LogP contribution in [0.15, 0.2) is 162 Å². The SMILES string of the molecule is c1ccc2c(c1)-c1c(N(c3ccc(-n4c5ccccc5c5ccccc54)cc3)c3ccc4c(c3)oc3ccccc34)cccc1C21C2CC3CC(C2)CC1C3. The van der Waals surface area contributed by atoms with Crippen LogP contribution in [0.1, 0.15) is 43.2 Å². The predicted octanol–water partition coefficient (Wildman–Crippen LogP) is 13.9. The van der Waals surface area contributed by atoms with Crippen molar-refractivity contribution in [3.05, 3.63) is 169 Å². The molecule has 2 aromatic heterocycles. The Bertz CT molecular complexity index is 2940. The number of aromatic nitrogens is 1. The molecule has 0 amide bonds. The van der Waals surface area contributed by atoms with E-state index in [0.29, 0.717) is 11.8 Å². The third-order valence-electron chi connectivity index (χ3n) is 14.4. The largest absolute Gasteiger partial charge is 0.456 e. The summed E-state index contributed by atoms with van der Waals surface area (Å²) in [5, 5.41) is 4.86. The second-order valence-corrected chi connectivity index (χ2v) is 16.9. The Labute approximate surface area is 320 Å². The van der Waals surface area contributed by atoms with Gasteiger partial charge >= 0.3 is 0 Å². The van der Waals surface area contributed by atoms with Crippen molar-refractivity contribution in [2.24, 2.45) is 23.7 Å². The summed E-state index contributed by atoms with van der Waals surface area (Å²) < 4.78 is 8.95. The molecule has 0 saturated heterocycles. The third-order valence-corrected chi connectivity index (χ3v) is 14.4. The maximum Gasteiger partial charge on any atom is 0.137 e. The molecule has 9 aromatic rings. The lowest BCUT2D eigenvalue weighted by molar-refractivity contribution is -0.0399. The smallest absolute Gasteiger partial charge is 0.137 e. The molecule has 4 bridgehead atoms. The van der Waals surface area contributed by atoms with Gasteiger partial charge in [-0.15, -0.1) is 0 Å². The number of hydrogen-bond donors (Lipinski definition) is 0. The van der Waals surface area contributed by atoms with Gasteiger partial charge in [-0.25, -0.2) is 0 Å². The molecule has 0 radical (unpaired) electrons. The maximum absolute atomic E-state index is 6.54. The van der Waals surface area contributed by atoms with E-state index in [1.165, 1.54) is 70.7 Å². The summed E-state index contributed by atoms with van der Waals surface area (Å²) in [6, 6.07) is 58.7. The van der Waals surface area contributed by atoms with E-state index in [1.807, 2.05) is 0 Å². The predicted molar refractivity (Wildman–Crippen MR) is 226 cm³/mol. The van der Waals surface area contributed by atoms with Gasteiger partial charge in [0.1, 0.15) is 11.2 Å². The Morgan fingerprint density at radius 1 is 0.491 bits per heavy atom. The van der Waals surface area contributed by atoms with E-state index >= 15 is 0 Å². The van der Waals surface area contributed by atoms with Crippen LogP contribution in [0.3, 0.4) is 0 Å². The Kier molecular flexibility index (Phi) is 6.06. The summed E-state index contributed by atoms with van der Waals surface area (Å²) in [6.45, 7) is 0. The molecule has 0 aliphatic heterocycles. The molecular formula is C52H40N2O. The zero-order valence-corrected chi connectivity index (χ0v) is 30.7. The number of hydrogen-bond acceptors (Lipinski definition) is 2. The van der Waals surface area contributed by atoms with Gasteiger partial charge in [0.15, 0.2) is 0 Å². The molecule has 3 heteroatoms. The molecule has 0 N–H and O–H groups in total. The van der Waals surface area contributed by atoms with Crippen LogP contribution in [0.25, 0.3) is 60.6 Å². The van der Waals surface area contributed by atoms with Gasteiger partial charge in [-0.05, 0) is 133 Å². The van der Waals surface area contributed by atoms with Gasteiger partial charge in [-0.3, -0.25) is 0 Å². The Morgan fingerprint density at radius 3 is 1.84 bits per heavy atom. The summed E-state index contributed by atoms with van der Waals surface area (Å²) in [5.74, 6) is 3.25. The average molecular weight is 709 g/mol. The van der Waals surface area contributed by atoms with Crippen LogP contribution >= 0.6 is 0 Å². The van der Waals surface area contributed by atoms with Crippen LogP contribution < -0.4 is 4.90 Å². The molecule has 5 aliphatic carbocycles. The van der Waals surface area contributed by atoms with Crippen LogP contribution in [0.4, 0.5) is 17.1 Å². The normalized spacial score (nSPS) is 23.3. The molecule has 1 spiro atoms. The number of rotatable bonds is 4. The summed E-state index contributed by atoms with van der Waals surface area (Å²) >= 11 is 0. The van der Waals surface area contributed by atoms with Gasteiger partial charge in [0.2, 0.25) is 0 Å². The lowest BCUT2D eigenvalue weighted by atomic mass is 9.43. The fourth-order valence-electron chi connectivity index (χ4n) is 12.6. The molecule has 4 fully saturated rings. The van der Waals surface area contributed by atoms with Crippen molar-refractivity contribution in [1.29, 1.82) is 0 Å². The van der Waals surface area contributed by atoms with E-state index in [0.717, 1.165) is 50.8 Å². The van der Waals surface area contributed by atoms with Crippen molar-refractivity contribution in [3.8, 4) is 16.8 Å². The first-order chi connectivity index (χ1) is 27.2. The molecule has 5 aliphatic rings. The van der Waals surface area contributed by atoms with Crippen LogP contribution in [0.5, 0.6) is 0 Å². The van der Waals surface area contributed by atoms with Crippen molar-refractivity contribution in [3.63, 3.8) is 0 Å². The fraction of sp³-hybridized carbons (Fsp3) is 0.192. The molecule has 3 nitrogen and oxygen atoms in total. The van der Waals surface area contributed by atoms with Crippen LogP contribution in [0.2, 0.25) is 0 Å². The minimum absolute atomic E-state index is 0.101. The average Bonchev–Trinajstić information content (AvgIpc) is 3.87. The van der Waals surface area contributed by atoms with Crippen LogP contribution in [-0.2, 0) is 5.41 Å². The van der Waals surface area contributed by atoms with Gasteiger partial charge in [0.05, 0.1) is 16.7 Å². The summed E-state index contributed by atoms with van der Waals surface area (Å²) in [7, 11) is 0. The number of nitrogens with zero attached hydrogens (tertiary/aromatic N) is 2. The fourth-order valence-corrected chi connectivity index (χ4v) is 12.6. The van der Waals surface area contributed by atoms with Gasteiger partial charge in [0.25, 0.3) is 0 Å². The lowest BCUT2D eigenvalue weighted by Crippen LogP contribution is -2.55. The second kappa shape index (κ2) is 11.0. The molecule has 7 aromatic carbocycles. The van der Waals surface area contributed by atoms with Crippen LogP contribution in [0, 0.1) is 23.7 Å². The summed E-state index contributed by atoms with van der Waals surface area (Å²) in [6.07, 6.45) is 6.97. The standard InChI is InChI=1S/C52H40N2O/c1-5-14-44-43(13-1)51-45(52(44)34-27-32-26-33(29-34)30-35(52)28-32)15-9-18-48(51)53(38-24-25-42-41-12-4-8-19-49(41)55-50(42)31-38)36-20-22-37(23-21-36)54-46-16-6-2-10-39(46)40-11-3-7-17-47(40)54/h1-25,31-35H,26-30H2. The quantitative estimate of drug-likeness (QED) is 0.181. The molecule has 264 valence electrons. The Balaban J connectivity index is 1.04. The lowest BCUT2D eigenvalue weighted by Gasteiger charge is -2.61. The molecule has 55 heavy (non-hydrogen) atoms. The van der Waals surface area contributed by atoms with Gasteiger partial charge < -0.3 is 13.9 Å². The number of benzene rings is 7. The van der Waals surface area contributed by atoms with E-state index in [1.54, 1.807) is 11.1 Å². The molecule has 14 rings (SSSR count). The first-order valence-electron chi connectivity index (χ1n) is 20.3. The first-order valence-corrected chi connectivity index (χ1v) is 20.3. The third kappa shape index (κ3) is 4.01. The highest BCUT2D eigenvalue weighted by Crippen LogP contribution is 2.70. The highest BCUT2D eigenvalue weighted by molar-refractivity contribution is 6.09. The van der Waals surface area contributed by atoms with Crippen molar-refractivity contribution in [2.45, 2.75) is 37.5 Å². The zero-order chi connectivity index (χ0) is 35.8. The van der Waals surface area contributed by atoms with Crippen molar-refractivity contribution in [1.82, 2.24) is 4.57 Å². The number of para-hydroxylation sites is 3. The van der Waals surface area contributed by atoms with E-state index in [-0.39, 0.29) is 5.41 Å². The maximum atomic E-state index is 6.54. The summed E-state index contributed by atoms with van der Waals surface area (Å²) in [4.78, 5) is 2.51. The summed E-state index contributed by atoms with van der Waals surface area (Å²) in [5.41, 5.74) is 15.0. The van der Waals surface area contributed by atoms with Crippen LogP contribution in [-0.4, -0.2) is 4.57 Å². The first kappa shape index (κ1) is 30.3. The minimum Gasteiger partial charge on any atom is -0.456 e. The van der Waals surface area contributed by atoms with E-state index in [4.69, 9.17) is 4.42 Å². The van der Waals surface area contributed by atoms with E-state index < -0.39 is 0 Å². The highest BCUT2D eigenvalue weighted by atomic mass is 16.3. The molecule has 2 heterocycles. The number of furan rings is 1. The molecule has 0 atom stereocenters. The second-order valence-electron chi connectivity index (χ2n) is 16.9. The number of anilines is 3. The Morgan fingerprint density at radius 2 is 1.09 bits per heavy atom. The van der Waals surface area contributed by atoms with Gasteiger partial charge in [-0.1, -0.05) is 91.0 Å². The van der Waals surface area contributed by atoms with Crippen molar-refractivity contribution < 1.29 is 4.42 Å². The van der Waals surface area contributed by atoms with E-state index in [9.17, 15) is 0 Å². The molecule has 4 saturated carbocycles. The Hall–Kier alpha value is -6.06. The topological polar surface area (TPSA) is 21.3 Å². The van der Waals surface area contributed by atoms with Crippen molar-refractivity contribution >= 4 is 60.8 Å². The van der Waals surface area contributed by atoms with Crippen molar-refractivity contribution in [2.75, 3.05) is 4.90 Å². The monoisotopic (exact) mass is 708 g/mol. The molecular weight excluding hydrogens is 669 g/mol. The van der Waals surface area contributed by atoms with Gasteiger partial charge in [0, 0.05) is 55.7 Å².